The SMILES string of the molecule is CC1CNCCN1.Cl.Cl.N. The fourth-order valence-corrected chi connectivity index (χ4v) is 0.798. The zero-order valence-corrected chi connectivity index (χ0v) is 7.86. The Morgan fingerprint density at radius 1 is 1.20 bits per heavy atom. The molecule has 0 aliphatic carbocycles. The van der Waals surface area contributed by atoms with E-state index in [2.05, 4.69) is 17.6 Å². The lowest BCUT2D eigenvalue weighted by molar-refractivity contribution is 0.442. The molecule has 0 spiro atoms. The van der Waals surface area contributed by atoms with Crippen molar-refractivity contribution in [2.75, 3.05) is 19.6 Å². The maximum Gasteiger partial charge on any atom is 0.0164 e. The zero-order chi connectivity index (χ0) is 5.11. The molecule has 0 aromatic carbocycles. The highest BCUT2D eigenvalue weighted by Gasteiger charge is 2.03. The van der Waals surface area contributed by atoms with Crippen molar-refractivity contribution in [2.24, 2.45) is 0 Å². The molecule has 5 N–H and O–H groups in total. The number of hydrogen-bond acceptors (Lipinski definition) is 3. The van der Waals surface area contributed by atoms with Crippen molar-refractivity contribution in [1.82, 2.24) is 16.8 Å². The van der Waals surface area contributed by atoms with Crippen LogP contribution in [0.4, 0.5) is 0 Å². The topological polar surface area (TPSA) is 59.1 Å². The summed E-state index contributed by atoms with van der Waals surface area (Å²) in [5.74, 6) is 0. The fourth-order valence-electron chi connectivity index (χ4n) is 0.798. The van der Waals surface area contributed by atoms with Crippen LogP contribution in [0.15, 0.2) is 0 Å². The summed E-state index contributed by atoms with van der Waals surface area (Å²) in [6.07, 6.45) is 0. The van der Waals surface area contributed by atoms with Gasteiger partial charge in [0.15, 0.2) is 0 Å². The predicted octanol–water partition coefficient (Wildman–Crippen LogP) is 0.573. The summed E-state index contributed by atoms with van der Waals surface area (Å²) in [5, 5.41) is 6.59. The van der Waals surface area contributed by atoms with Crippen LogP contribution in [-0.2, 0) is 0 Å². The Balaban J connectivity index is -0.000000163. The Hall–Kier alpha value is 0.460. The molecular weight excluding hydrogens is 173 g/mol. The van der Waals surface area contributed by atoms with Crippen molar-refractivity contribution in [3.8, 4) is 0 Å². The molecule has 1 saturated heterocycles. The minimum atomic E-state index is 0. The minimum absolute atomic E-state index is 0. The van der Waals surface area contributed by atoms with Crippen molar-refractivity contribution < 1.29 is 0 Å². The molecule has 5 heteroatoms. The average Bonchev–Trinajstić information content (AvgIpc) is 1.69. The van der Waals surface area contributed by atoms with Gasteiger partial charge in [0.05, 0.1) is 0 Å². The van der Waals surface area contributed by atoms with Crippen LogP contribution >= 0.6 is 24.8 Å². The number of halogens is 2. The highest BCUT2D eigenvalue weighted by Crippen LogP contribution is 1.80. The van der Waals surface area contributed by atoms with E-state index in [1.54, 1.807) is 0 Å². The van der Waals surface area contributed by atoms with Crippen molar-refractivity contribution in [1.29, 1.82) is 0 Å². The summed E-state index contributed by atoms with van der Waals surface area (Å²) in [4.78, 5) is 0. The van der Waals surface area contributed by atoms with Gasteiger partial charge in [-0.1, -0.05) is 0 Å². The third-order valence-corrected chi connectivity index (χ3v) is 1.25. The highest BCUT2D eigenvalue weighted by atomic mass is 35.5. The van der Waals surface area contributed by atoms with Crippen LogP contribution in [0.25, 0.3) is 0 Å². The van der Waals surface area contributed by atoms with Crippen LogP contribution in [-0.4, -0.2) is 25.7 Å². The van der Waals surface area contributed by atoms with E-state index >= 15 is 0 Å². The molecule has 3 nitrogen and oxygen atoms in total. The van der Waals surface area contributed by atoms with E-state index < -0.39 is 0 Å². The Kier molecular flexibility index (Phi) is 15.9. The van der Waals surface area contributed by atoms with Gasteiger partial charge in [-0.25, -0.2) is 0 Å². The number of piperazine rings is 1. The molecule has 1 aliphatic rings. The second kappa shape index (κ2) is 9.46. The van der Waals surface area contributed by atoms with Crippen molar-refractivity contribution in [3.05, 3.63) is 0 Å². The fraction of sp³-hybridized carbons (Fsp3) is 1.00. The van der Waals surface area contributed by atoms with Crippen molar-refractivity contribution >= 4 is 24.8 Å². The van der Waals surface area contributed by atoms with Gasteiger partial charge in [-0.05, 0) is 6.92 Å². The number of hydrogen-bond donors (Lipinski definition) is 3. The van der Waals surface area contributed by atoms with Gasteiger partial charge >= 0.3 is 0 Å². The van der Waals surface area contributed by atoms with E-state index in [9.17, 15) is 0 Å². The minimum Gasteiger partial charge on any atom is -0.344 e. The molecule has 1 heterocycles. The van der Waals surface area contributed by atoms with E-state index in [1.165, 1.54) is 0 Å². The maximum absolute atomic E-state index is 3.32. The Morgan fingerprint density at radius 2 is 1.80 bits per heavy atom. The molecule has 1 unspecified atom stereocenters. The smallest absolute Gasteiger partial charge is 0.0164 e. The standard InChI is InChI=1S/C5H12N2.2ClH.H3N/c1-5-4-6-2-3-7-5;;;/h5-7H,2-4H2,1H3;2*1H;1H3. The summed E-state index contributed by atoms with van der Waals surface area (Å²) < 4.78 is 0. The Morgan fingerprint density at radius 3 is 2.00 bits per heavy atom. The van der Waals surface area contributed by atoms with Gasteiger partial charge < -0.3 is 16.8 Å². The second-order valence-corrected chi connectivity index (χ2v) is 2.06. The van der Waals surface area contributed by atoms with Crippen LogP contribution in [0.3, 0.4) is 0 Å². The summed E-state index contributed by atoms with van der Waals surface area (Å²) in [6, 6.07) is 0.675. The van der Waals surface area contributed by atoms with Crippen LogP contribution in [0.2, 0.25) is 0 Å². The zero-order valence-electron chi connectivity index (χ0n) is 6.22. The summed E-state index contributed by atoms with van der Waals surface area (Å²) in [6.45, 7) is 5.57. The van der Waals surface area contributed by atoms with Gasteiger partial charge in [0.1, 0.15) is 0 Å². The molecule has 1 fully saturated rings. The summed E-state index contributed by atoms with van der Waals surface area (Å²) in [5.41, 5.74) is 0. The molecule has 1 atom stereocenters. The van der Waals surface area contributed by atoms with Crippen LogP contribution in [0, 0.1) is 0 Å². The molecule has 0 saturated carbocycles. The van der Waals surface area contributed by atoms with Crippen molar-refractivity contribution in [2.45, 2.75) is 13.0 Å². The van der Waals surface area contributed by atoms with Crippen LogP contribution in [0.5, 0.6) is 0 Å². The third-order valence-electron chi connectivity index (χ3n) is 1.25. The molecule has 0 radical (unpaired) electrons. The Bertz CT molecular complexity index is 56.9. The largest absolute Gasteiger partial charge is 0.344 e. The van der Waals surface area contributed by atoms with E-state index in [0.29, 0.717) is 6.04 Å². The second-order valence-electron chi connectivity index (χ2n) is 2.06. The molecule has 66 valence electrons. The first kappa shape index (κ1) is 16.8. The van der Waals surface area contributed by atoms with Crippen molar-refractivity contribution in [3.63, 3.8) is 0 Å². The monoisotopic (exact) mass is 189 g/mol. The quantitative estimate of drug-likeness (QED) is 0.523. The number of rotatable bonds is 0. The lowest BCUT2D eigenvalue weighted by Gasteiger charge is -2.19. The maximum atomic E-state index is 3.32. The Labute approximate surface area is 74.7 Å². The van der Waals surface area contributed by atoms with Gasteiger partial charge in [-0.2, -0.15) is 0 Å². The van der Waals surface area contributed by atoms with Gasteiger partial charge in [0.2, 0.25) is 0 Å². The summed E-state index contributed by atoms with van der Waals surface area (Å²) >= 11 is 0. The first-order valence-corrected chi connectivity index (χ1v) is 2.83. The van der Waals surface area contributed by atoms with E-state index in [0.717, 1.165) is 19.6 Å². The van der Waals surface area contributed by atoms with E-state index in [4.69, 9.17) is 0 Å². The van der Waals surface area contributed by atoms with Gasteiger partial charge in [0, 0.05) is 25.7 Å². The number of nitrogens with one attached hydrogen (secondary N) is 2. The first-order valence-electron chi connectivity index (χ1n) is 2.83. The van der Waals surface area contributed by atoms with Gasteiger partial charge in [-0.15, -0.1) is 24.8 Å². The van der Waals surface area contributed by atoms with Crippen LogP contribution in [0.1, 0.15) is 6.92 Å². The highest BCUT2D eigenvalue weighted by molar-refractivity contribution is 5.85. The molecular formula is C5H17Cl2N3. The average molecular weight is 190 g/mol. The lowest BCUT2D eigenvalue weighted by Crippen LogP contribution is -2.46. The molecule has 0 aromatic rings. The summed E-state index contributed by atoms with van der Waals surface area (Å²) in [7, 11) is 0. The predicted molar refractivity (Wildman–Crippen MR) is 49.9 cm³/mol. The molecule has 1 rings (SSSR count). The molecule has 1 aliphatic heterocycles. The normalized spacial score (nSPS) is 23.1. The van der Waals surface area contributed by atoms with E-state index in [1.807, 2.05) is 0 Å². The third kappa shape index (κ3) is 6.58. The lowest BCUT2D eigenvalue weighted by atomic mass is 10.3. The molecule has 0 aromatic heterocycles. The molecule has 0 bridgehead atoms. The molecule has 0 amide bonds. The van der Waals surface area contributed by atoms with Gasteiger partial charge in [0.25, 0.3) is 0 Å². The van der Waals surface area contributed by atoms with Gasteiger partial charge in [-0.3, -0.25) is 0 Å². The van der Waals surface area contributed by atoms with E-state index in [-0.39, 0.29) is 31.0 Å². The van der Waals surface area contributed by atoms with Crippen LogP contribution < -0.4 is 16.8 Å². The molecule has 10 heavy (non-hydrogen) atoms. The first-order chi connectivity index (χ1) is 3.39.